The largest absolute Gasteiger partial charge is 0.324 e. The molecule has 0 aliphatic rings. The van der Waals surface area contributed by atoms with Crippen molar-refractivity contribution < 1.29 is 9.59 Å². The number of imidazole rings is 1. The molecule has 1 heterocycles. The fraction of sp³-hybridized carbons (Fsp3) is 0.250. The number of hydrogen-bond donors (Lipinski definition) is 2. The lowest BCUT2D eigenvalue weighted by Crippen LogP contribution is -2.14. The number of para-hydroxylation sites is 2. The highest BCUT2D eigenvalue weighted by Gasteiger charge is 2.11. The van der Waals surface area contributed by atoms with Crippen LogP contribution in [0.1, 0.15) is 42.1 Å². The van der Waals surface area contributed by atoms with Gasteiger partial charge in [-0.25, -0.2) is 4.98 Å². The van der Waals surface area contributed by atoms with Crippen LogP contribution in [0.5, 0.6) is 0 Å². The molecule has 2 aromatic carbocycles. The van der Waals surface area contributed by atoms with Crippen molar-refractivity contribution >= 4 is 28.7 Å². The summed E-state index contributed by atoms with van der Waals surface area (Å²) in [5.74, 6) is 0.153. The van der Waals surface area contributed by atoms with E-state index in [9.17, 15) is 9.59 Å². The number of ketones is 1. The monoisotopic (exact) mass is 335 g/mol. The van der Waals surface area contributed by atoms with Gasteiger partial charge in [0.2, 0.25) is 11.9 Å². The standard InChI is InChI=1S/C20H21N3O2/c1-2-5-14-8-10-15(11-9-14)18(24)12-13-19(25)23-20-21-16-6-3-4-7-17(16)22-20/h3-4,6-11H,2,5,12-13H2,1H3,(H2,21,22,23,25). The van der Waals surface area contributed by atoms with Crippen molar-refractivity contribution in [2.24, 2.45) is 0 Å². The van der Waals surface area contributed by atoms with Crippen LogP contribution in [0.4, 0.5) is 5.95 Å². The van der Waals surface area contributed by atoms with Crippen molar-refractivity contribution in [1.29, 1.82) is 0 Å². The van der Waals surface area contributed by atoms with Crippen LogP contribution >= 0.6 is 0 Å². The molecule has 5 nitrogen and oxygen atoms in total. The topological polar surface area (TPSA) is 74.8 Å². The fourth-order valence-electron chi connectivity index (χ4n) is 2.72. The van der Waals surface area contributed by atoms with Crippen molar-refractivity contribution in [3.63, 3.8) is 0 Å². The van der Waals surface area contributed by atoms with Gasteiger partial charge in [-0.05, 0) is 24.1 Å². The van der Waals surface area contributed by atoms with Gasteiger partial charge >= 0.3 is 0 Å². The van der Waals surface area contributed by atoms with Crippen LogP contribution in [0.15, 0.2) is 48.5 Å². The molecule has 3 aromatic rings. The van der Waals surface area contributed by atoms with E-state index >= 15 is 0 Å². The smallest absolute Gasteiger partial charge is 0.227 e. The molecule has 128 valence electrons. The number of anilines is 1. The Kier molecular flexibility index (Phi) is 5.23. The molecule has 0 unspecified atom stereocenters. The number of rotatable bonds is 7. The molecule has 25 heavy (non-hydrogen) atoms. The van der Waals surface area contributed by atoms with E-state index < -0.39 is 0 Å². The number of carbonyl (C=O) groups is 2. The van der Waals surface area contributed by atoms with Gasteiger partial charge in [-0.1, -0.05) is 49.7 Å². The third-order valence-corrected chi connectivity index (χ3v) is 4.04. The van der Waals surface area contributed by atoms with Crippen LogP contribution in [0.3, 0.4) is 0 Å². The summed E-state index contributed by atoms with van der Waals surface area (Å²) in [5.41, 5.74) is 3.53. The second-order valence-electron chi connectivity index (χ2n) is 6.02. The van der Waals surface area contributed by atoms with Gasteiger partial charge in [-0.2, -0.15) is 0 Å². The molecular formula is C20H21N3O2. The molecule has 0 atom stereocenters. The summed E-state index contributed by atoms with van der Waals surface area (Å²) in [6.45, 7) is 2.12. The van der Waals surface area contributed by atoms with E-state index in [0.717, 1.165) is 23.9 Å². The van der Waals surface area contributed by atoms with Gasteiger partial charge in [0.1, 0.15) is 0 Å². The minimum Gasteiger partial charge on any atom is -0.324 e. The number of hydrogen-bond acceptors (Lipinski definition) is 3. The summed E-state index contributed by atoms with van der Waals surface area (Å²) < 4.78 is 0. The lowest BCUT2D eigenvalue weighted by Gasteiger charge is -2.04. The molecule has 1 aromatic heterocycles. The highest BCUT2D eigenvalue weighted by molar-refractivity contribution is 6.00. The summed E-state index contributed by atoms with van der Waals surface area (Å²) in [7, 11) is 0. The van der Waals surface area contributed by atoms with Crippen LogP contribution in [-0.4, -0.2) is 21.7 Å². The Morgan fingerprint density at radius 1 is 1.04 bits per heavy atom. The van der Waals surface area contributed by atoms with E-state index in [-0.39, 0.29) is 24.5 Å². The summed E-state index contributed by atoms with van der Waals surface area (Å²) in [5, 5.41) is 2.71. The number of amides is 1. The summed E-state index contributed by atoms with van der Waals surface area (Å²) in [6.07, 6.45) is 2.40. The molecule has 3 rings (SSSR count). The zero-order chi connectivity index (χ0) is 17.6. The zero-order valence-electron chi connectivity index (χ0n) is 14.2. The molecule has 1 amide bonds. The summed E-state index contributed by atoms with van der Waals surface area (Å²) in [4.78, 5) is 31.6. The maximum Gasteiger partial charge on any atom is 0.227 e. The number of aromatic nitrogens is 2. The third kappa shape index (κ3) is 4.32. The van der Waals surface area contributed by atoms with Gasteiger partial charge < -0.3 is 4.98 Å². The predicted octanol–water partition coefficient (Wildman–Crippen LogP) is 4.12. The van der Waals surface area contributed by atoms with Gasteiger partial charge in [0.25, 0.3) is 0 Å². The van der Waals surface area contributed by atoms with Crippen molar-refractivity contribution in [2.45, 2.75) is 32.6 Å². The molecule has 0 bridgehead atoms. The predicted molar refractivity (Wildman–Crippen MR) is 98.7 cm³/mol. The van der Waals surface area contributed by atoms with E-state index in [1.807, 2.05) is 48.5 Å². The normalized spacial score (nSPS) is 10.8. The van der Waals surface area contributed by atoms with E-state index in [2.05, 4.69) is 22.2 Å². The van der Waals surface area contributed by atoms with E-state index in [0.29, 0.717) is 11.5 Å². The number of Topliss-reactive ketones (excluding diaryl/α,β-unsaturated/α-hetero) is 1. The van der Waals surface area contributed by atoms with Gasteiger partial charge in [0.05, 0.1) is 11.0 Å². The molecule has 0 aliphatic carbocycles. The Labute approximate surface area is 146 Å². The van der Waals surface area contributed by atoms with Crippen molar-refractivity contribution in [2.75, 3.05) is 5.32 Å². The molecule has 5 heteroatoms. The highest BCUT2D eigenvalue weighted by atomic mass is 16.2. The second kappa shape index (κ2) is 7.75. The number of nitrogens with zero attached hydrogens (tertiary/aromatic N) is 1. The second-order valence-corrected chi connectivity index (χ2v) is 6.02. The van der Waals surface area contributed by atoms with Crippen molar-refractivity contribution in [1.82, 2.24) is 9.97 Å². The first-order chi connectivity index (χ1) is 12.2. The number of carbonyl (C=O) groups excluding carboxylic acids is 2. The number of aryl methyl sites for hydroxylation is 1. The molecule has 2 N–H and O–H groups in total. The van der Waals surface area contributed by atoms with Crippen LogP contribution in [0.25, 0.3) is 11.0 Å². The minimum absolute atomic E-state index is 0.0252. The maximum absolute atomic E-state index is 12.2. The van der Waals surface area contributed by atoms with E-state index in [1.165, 1.54) is 5.56 Å². The van der Waals surface area contributed by atoms with Crippen molar-refractivity contribution in [3.8, 4) is 0 Å². The number of aromatic amines is 1. The van der Waals surface area contributed by atoms with Crippen LogP contribution in [-0.2, 0) is 11.2 Å². The zero-order valence-corrected chi connectivity index (χ0v) is 14.2. The molecule has 0 spiro atoms. The van der Waals surface area contributed by atoms with Gasteiger partial charge in [-0.15, -0.1) is 0 Å². The number of H-pyrrole nitrogens is 1. The third-order valence-electron chi connectivity index (χ3n) is 4.04. The molecule has 0 fully saturated rings. The Bertz CT molecular complexity index is 848. The summed E-state index contributed by atoms with van der Waals surface area (Å²) in [6, 6.07) is 15.2. The van der Waals surface area contributed by atoms with Crippen LogP contribution in [0.2, 0.25) is 0 Å². The average molecular weight is 335 g/mol. The SMILES string of the molecule is CCCc1ccc(C(=O)CCC(=O)Nc2nc3ccccc3[nH]2)cc1. The lowest BCUT2D eigenvalue weighted by atomic mass is 10.0. The number of nitrogens with one attached hydrogen (secondary N) is 2. The van der Waals surface area contributed by atoms with Gasteiger partial charge in [0.15, 0.2) is 5.78 Å². The minimum atomic E-state index is -0.227. The number of fused-ring (bicyclic) bond motifs is 1. The molecule has 0 saturated heterocycles. The van der Waals surface area contributed by atoms with Crippen LogP contribution in [0, 0.1) is 0 Å². The maximum atomic E-state index is 12.2. The Balaban J connectivity index is 1.53. The molecule has 0 radical (unpaired) electrons. The molecule has 0 aliphatic heterocycles. The Morgan fingerprint density at radius 3 is 2.52 bits per heavy atom. The Morgan fingerprint density at radius 2 is 1.80 bits per heavy atom. The Hall–Kier alpha value is -2.95. The first kappa shape index (κ1) is 16.9. The van der Waals surface area contributed by atoms with Gasteiger partial charge in [-0.3, -0.25) is 14.9 Å². The molecule has 0 saturated carbocycles. The van der Waals surface area contributed by atoms with Crippen LogP contribution < -0.4 is 5.32 Å². The first-order valence-electron chi connectivity index (χ1n) is 8.52. The quantitative estimate of drug-likeness (QED) is 0.638. The first-order valence-corrected chi connectivity index (χ1v) is 8.52. The van der Waals surface area contributed by atoms with Crippen molar-refractivity contribution in [3.05, 3.63) is 59.7 Å². The summed E-state index contributed by atoms with van der Waals surface area (Å²) >= 11 is 0. The lowest BCUT2D eigenvalue weighted by molar-refractivity contribution is -0.116. The highest BCUT2D eigenvalue weighted by Crippen LogP contribution is 2.14. The van der Waals surface area contributed by atoms with E-state index in [4.69, 9.17) is 0 Å². The average Bonchev–Trinajstić information content (AvgIpc) is 3.02. The fourth-order valence-corrected chi connectivity index (χ4v) is 2.72. The van der Waals surface area contributed by atoms with E-state index in [1.54, 1.807) is 0 Å². The molecular weight excluding hydrogens is 314 g/mol. The number of benzene rings is 2. The van der Waals surface area contributed by atoms with Gasteiger partial charge in [0, 0.05) is 18.4 Å².